The molecule has 2 heterocycles. The Labute approximate surface area is 157 Å². The zero-order valence-electron chi connectivity index (χ0n) is 15.5. The van der Waals surface area contributed by atoms with Gasteiger partial charge in [0.25, 0.3) is 5.91 Å². The van der Waals surface area contributed by atoms with Gasteiger partial charge in [0.1, 0.15) is 5.82 Å². The number of rotatable bonds is 4. The third-order valence-electron chi connectivity index (χ3n) is 4.81. The van der Waals surface area contributed by atoms with E-state index in [-0.39, 0.29) is 23.7 Å². The summed E-state index contributed by atoms with van der Waals surface area (Å²) in [6.07, 6.45) is 4.36. The molecule has 1 atom stereocenters. The highest BCUT2D eigenvalue weighted by atomic mass is 19.1. The van der Waals surface area contributed by atoms with Crippen LogP contribution in [0.25, 0.3) is 0 Å². The predicted octanol–water partition coefficient (Wildman–Crippen LogP) is 2.93. The summed E-state index contributed by atoms with van der Waals surface area (Å²) in [6, 6.07) is 5.83. The molecule has 1 aliphatic rings. The zero-order valence-corrected chi connectivity index (χ0v) is 15.5. The summed E-state index contributed by atoms with van der Waals surface area (Å²) in [5.41, 5.74) is 1.77. The Balaban J connectivity index is 1.71. The normalized spacial score (nSPS) is 16.9. The number of nitrogens with zero attached hydrogens (tertiary/aromatic N) is 3. The summed E-state index contributed by atoms with van der Waals surface area (Å²) >= 11 is 0. The second-order valence-electron chi connectivity index (χ2n) is 6.76. The third kappa shape index (κ3) is 4.48. The number of amides is 2. The average Bonchev–Trinajstić information content (AvgIpc) is 2.67. The monoisotopic (exact) mass is 370 g/mol. The fraction of sp³-hybridized carbons (Fsp3) is 0.400. The lowest BCUT2D eigenvalue weighted by Crippen LogP contribution is -2.38. The van der Waals surface area contributed by atoms with Crippen molar-refractivity contribution in [1.82, 2.24) is 20.2 Å². The molecule has 0 unspecified atom stereocenters. The molecule has 0 saturated carbocycles. The number of piperidine rings is 1. The minimum absolute atomic E-state index is 0.0158. The van der Waals surface area contributed by atoms with Crippen molar-refractivity contribution < 1.29 is 14.0 Å². The highest BCUT2D eigenvalue weighted by Crippen LogP contribution is 2.29. The molecule has 3 rings (SSSR count). The van der Waals surface area contributed by atoms with Gasteiger partial charge in [-0.25, -0.2) is 14.4 Å². The Hall–Kier alpha value is -2.83. The molecule has 1 aromatic heterocycles. The van der Waals surface area contributed by atoms with Crippen molar-refractivity contribution in [3.05, 3.63) is 58.9 Å². The van der Waals surface area contributed by atoms with Gasteiger partial charge in [-0.3, -0.25) is 9.59 Å². The second kappa shape index (κ2) is 8.24. The van der Waals surface area contributed by atoms with Gasteiger partial charge in [-0.2, -0.15) is 0 Å². The maximum atomic E-state index is 12.9. The molecule has 1 saturated heterocycles. The summed E-state index contributed by atoms with van der Waals surface area (Å²) in [5, 5.41) is 2.80. The number of likely N-dealkylation sites (tertiary alicyclic amines) is 1. The molecule has 0 spiro atoms. The van der Waals surface area contributed by atoms with E-state index in [1.807, 2.05) is 0 Å². The van der Waals surface area contributed by atoms with Gasteiger partial charge < -0.3 is 10.2 Å². The Kier molecular flexibility index (Phi) is 5.78. The van der Waals surface area contributed by atoms with Gasteiger partial charge in [0.15, 0.2) is 5.82 Å². The van der Waals surface area contributed by atoms with Gasteiger partial charge in [0, 0.05) is 26.2 Å². The summed E-state index contributed by atoms with van der Waals surface area (Å²) in [6.45, 7) is 4.32. The van der Waals surface area contributed by atoms with Crippen molar-refractivity contribution in [3.8, 4) is 0 Å². The molecule has 1 fully saturated rings. The molecule has 0 radical (unpaired) electrons. The largest absolute Gasteiger partial charge is 0.348 e. The number of benzene rings is 1. The van der Waals surface area contributed by atoms with Crippen LogP contribution in [0.15, 0.2) is 30.5 Å². The number of aromatic nitrogens is 2. The van der Waals surface area contributed by atoms with E-state index in [0.29, 0.717) is 30.2 Å². The first-order chi connectivity index (χ1) is 13.0. The van der Waals surface area contributed by atoms with Crippen molar-refractivity contribution in [2.75, 3.05) is 6.54 Å². The first-order valence-electron chi connectivity index (χ1n) is 9.09. The van der Waals surface area contributed by atoms with E-state index >= 15 is 0 Å². The smallest absolute Gasteiger partial charge is 0.254 e. The number of hydrogen-bond acceptors (Lipinski definition) is 4. The zero-order chi connectivity index (χ0) is 19.4. The number of carbonyl (C=O) groups is 2. The number of hydrogen-bond donors (Lipinski definition) is 1. The quantitative estimate of drug-likeness (QED) is 0.898. The standard InChI is InChI=1S/C20H23FN4O2/c1-13-17(20(27)23-11-15-6-8-16(21)9-7-15)12-22-19(24-13)18-5-3-4-10-25(18)14(2)26/h6-9,12,18H,3-5,10-11H2,1-2H3,(H,23,27)/t18-/m1/s1. The van der Waals surface area contributed by atoms with Gasteiger partial charge in [0.05, 0.1) is 17.3 Å². The lowest BCUT2D eigenvalue weighted by molar-refractivity contribution is -0.132. The van der Waals surface area contributed by atoms with Crippen LogP contribution in [-0.2, 0) is 11.3 Å². The number of aryl methyl sites for hydroxylation is 1. The molecule has 27 heavy (non-hydrogen) atoms. The highest BCUT2D eigenvalue weighted by molar-refractivity contribution is 5.94. The van der Waals surface area contributed by atoms with E-state index in [1.54, 1.807) is 30.9 Å². The summed E-state index contributed by atoms with van der Waals surface area (Å²) < 4.78 is 12.9. The molecule has 7 heteroatoms. The van der Waals surface area contributed by atoms with E-state index in [1.165, 1.54) is 18.3 Å². The van der Waals surface area contributed by atoms with Crippen LogP contribution < -0.4 is 5.32 Å². The van der Waals surface area contributed by atoms with Crippen LogP contribution in [0.1, 0.15) is 59.7 Å². The predicted molar refractivity (Wildman–Crippen MR) is 98.3 cm³/mol. The first kappa shape index (κ1) is 18.9. The molecule has 0 bridgehead atoms. The van der Waals surface area contributed by atoms with Crippen LogP contribution in [0.5, 0.6) is 0 Å². The molecular formula is C20H23FN4O2. The Morgan fingerprint density at radius 3 is 2.67 bits per heavy atom. The summed E-state index contributed by atoms with van der Waals surface area (Å²) in [5.74, 6) is 0.00206. The maximum Gasteiger partial charge on any atom is 0.254 e. The molecule has 1 aliphatic heterocycles. The first-order valence-corrected chi connectivity index (χ1v) is 9.09. The van der Waals surface area contributed by atoms with Crippen molar-refractivity contribution in [2.45, 2.75) is 45.7 Å². The fourth-order valence-corrected chi connectivity index (χ4v) is 3.33. The van der Waals surface area contributed by atoms with Gasteiger partial charge >= 0.3 is 0 Å². The molecule has 0 aliphatic carbocycles. The van der Waals surface area contributed by atoms with E-state index in [9.17, 15) is 14.0 Å². The van der Waals surface area contributed by atoms with E-state index in [0.717, 1.165) is 24.8 Å². The molecule has 1 aromatic carbocycles. The van der Waals surface area contributed by atoms with E-state index in [2.05, 4.69) is 15.3 Å². The van der Waals surface area contributed by atoms with E-state index < -0.39 is 0 Å². The maximum absolute atomic E-state index is 12.9. The third-order valence-corrected chi connectivity index (χ3v) is 4.81. The molecule has 2 amide bonds. The van der Waals surface area contributed by atoms with Crippen LogP contribution in [-0.4, -0.2) is 33.2 Å². The molecular weight excluding hydrogens is 347 g/mol. The van der Waals surface area contributed by atoms with Crippen LogP contribution in [0.4, 0.5) is 4.39 Å². The summed E-state index contributed by atoms with van der Waals surface area (Å²) in [7, 11) is 0. The van der Waals surface area contributed by atoms with Crippen molar-refractivity contribution in [1.29, 1.82) is 0 Å². The Morgan fingerprint density at radius 2 is 2.00 bits per heavy atom. The lowest BCUT2D eigenvalue weighted by Gasteiger charge is -2.34. The van der Waals surface area contributed by atoms with Gasteiger partial charge in [-0.1, -0.05) is 12.1 Å². The van der Waals surface area contributed by atoms with Crippen molar-refractivity contribution >= 4 is 11.8 Å². The van der Waals surface area contributed by atoms with Crippen LogP contribution >= 0.6 is 0 Å². The van der Waals surface area contributed by atoms with Crippen LogP contribution in [0, 0.1) is 12.7 Å². The Bertz CT molecular complexity index is 838. The topological polar surface area (TPSA) is 75.2 Å². The number of carbonyl (C=O) groups excluding carboxylic acids is 2. The molecule has 1 N–H and O–H groups in total. The van der Waals surface area contributed by atoms with Crippen molar-refractivity contribution in [2.24, 2.45) is 0 Å². The van der Waals surface area contributed by atoms with Gasteiger partial charge in [0.2, 0.25) is 5.91 Å². The lowest BCUT2D eigenvalue weighted by atomic mass is 10.0. The molecule has 142 valence electrons. The van der Waals surface area contributed by atoms with E-state index in [4.69, 9.17) is 0 Å². The second-order valence-corrected chi connectivity index (χ2v) is 6.76. The number of halogens is 1. The van der Waals surface area contributed by atoms with Crippen molar-refractivity contribution in [3.63, 3.8) is 0 Å². The average molecular weight is 370 g/mol. The minimum Gasteiger partial charge on any atom is -0.348 e. The summed E-state index contributed by atoms with van der Waals surface area (Å²) in [4.78, 5) is 35.0. The fourth-order valence-electron chi connectivity index (χ4n) is 3.33. The number of nitrogens with one attached hydrogen (secondary N) is 1. The Morgan fingerprint density at radius 1 is 1.26 bits per heavy atom. The molecule has 6 nitrogen and oxygen atoms in total. The highest BCUT2D eigenvalue weighted by Gasteiger charge is 2.28. The van der Waals surface area contributed by atoms with Gasteiger partial charge in [-0.05, 0) is 43.9 Å². The SMILES string of the molecule is CC(=O)N1CCCC[C@@H]1c1ncc(C(=O)NCc2ccc(F)cc2)c(C)n1. The van der Waals surface area contributed by atoms with Crippen LogP contribution in [0.3, 0.4) is 0 Å². The van der Waals surface area contributed by atoms with Gasteiger partial charge in [-0.15, -0.1) is 0 Å². The minimum atomic E-state index is -0.313. The molecule has 2 aromatic rings. The van der Waals surface area contributed by atoms with Crippen LogP contribution in [0.2, 0.25) is 0 Å².